The average molecular weight is 233 g/mol. The van der Waals surface area contributed by atoms with Crippen LogP contribution in [0.3, 0.4) is 0 Å². The van der Waals surface area contributed by atoms with Gasteiger partial charge in [0.2, 0.25) is 0 Å². The van der Waals surface area contributed by atoms with Crippen LogP contribution in [0.25, 0.3) is 0 Å². The van der Waals surface area contributed by atoms with Crippen LogP contribution in [0, 0.1) is 5.41 Å². The van der Waals surface area contributed by atoms with Crippen LogP contribution in [0.15, 0.2) is 40.6 Å². The first-order valence-corrected chi connectivity index (χ1v) is 5.44. The minimum absolute atomic E-state index is 0.0513. The topological polar surface area (TPSA) is 80.6 Å². The molecule has 0 unspecified atom stereocenters. The van der Waals surface area contributed by atoms with Crippen molar-refractivity contribution in [1.82, 2.24) is 14.8 Å². The maximum atomic E-state index is 7.34. The molecule has 0 bridgehead atoms. The number of hydrogen-bond acceptors (Lipinski definition) is 4. The minimum Gasteiger partial charge on any atom is -0.384 e. The van der Waals surface area contributed by atoms with Crippen molar-refractivity contribution in [3.05, 3.63) is 36.3 Å². The molecule has 0 fully saturated rings. The summed E-state index contributed by atoms with van der Waals surface area (Å²) < 4.78 is 1.73. The van der Waals surface area contributed by atoms with Gasteiger partial charge in [-0.05, 0) is 12.1 Å². The molecule has 2 rings (SSSR count). The van der Waals surface area contributed by atoms with E-state index in [9.17, 15) is 0 Å². The predicted octanol–water partition coefficient (Wildman–Crippen LogP) is 1.25. The molecule has 82 valence electrons. The number of hydrogen-bond donors (Lipinski definition) is 2. The second kappa shape index (κ2) is 4.36. The van der Waals surface area contributed by atoms with Crippen LogP contribution < -0.4 is 5.73 Å². The summed E-state index contributed by atoms with van der Waals surface area (Å²) in [5.74, 6) is 0.0513. The molecule has 0 aliphatic carbocycles. The number of amidine groups is 1. The Balaban J connectivity index is 2.21. The third-order valence-electron chi connectivity index (χ3n) is 1.95. The predicted molar refractivity (Wildman–Crippen MR) is 62.6 cm³/mol. The summed E-state index contributed by atoms with van der Waals surface area (Å²) in [6.45, 7) is 0. The lowest BCUT2D eigenvalue weighted by Gasteiger charge is -2.00. The lowest BCUT2D eigenvalue weighted by molar-refractivity contribution is 0.766. The van der Waals surface area contributed by atoms with Crippen LogP contribution in [0.1, 0.15) is 5.56 Å². The fourth-order valence-electron chi connectivity index (χ4n) is 1.21. The molecule has 0 amide bonds. The maximum absolute atomic E-state index is 7.34. The number of aryl methyl sites for hydroxylation is 1. The number of aromatic nitrogens is 3. The molecule has 3 N–H and O–H groups in total. The molecule has 0 spiro atoms. The van der Waals surface area contributed by atoms with E-state index in [1.807, 2.05) is 13.2 Å². The SMILES string of the molecule is Cn1cc(Sc2cc(C(=N)N)ccn2)cn1. The van der Waals surface area contributed by atoms with E-state index < -0.39 is 0 Å². The molecule has 2 heterocycles. The van der Waals surface area contributed by atoms with Crippen molar-refractivity contribution in [3.8, 4) is 0 Å². The second-order valence-corrected chi connectivity index (χ2v) is 4.34. The third kappa shape index (κ3) is 2.40. The Morgan fingerprint density at radius 1 is 1.56 bits per heavy atom. The zero-order valence-electron chi connectivity index (χ0n) is 8.71. The zero-order valence-corrected chi connectivity index (χ0v) is 9.53. The molecule has 0 atom stereocenters. The third-order valence-corrected chi connectivity index (χ3v) is 2.83. The van der Waals surface area contributed by atoms with Crippen molar-refractivity contribution in [2.24, 2.45) is 12.8 Å². The summed E-state index contributed by atoms with van der Waals surface area (Å²) in [5.41, 5.74) is 6.09. The van der Waals surface area contributed by atoms with Crippen molar-refractivity contribution < 1.29 is 0 Å². The van der Waals surface area contributed by atoms with Gasteiger partial charge < -0.3 is 5.73 Å². The molecule has 0 aliphatic rings. The number of rotatable bonds is 3. The monoisotopic (exact) mass is 233 g/mol. The molecular weight excluding hydrogens is 222 g/mol. The Hall–Kier alpha value is -1.82. The van der Waals surface area contributed by atoms with Gasteiger partial charge in [-0.3, -0.25) is 10.1 Å². The number of nitrogens with zero attached hydrogens (tertiary/aromatic N) is 3. The van der Waals surface area contributed by atoms with E-state index in [0.29, 0.717) is 5.56 Å². The summed E-state index contributed by atoms with van der Waals surface area (Å²) in [4.78, 5) is 5.21. The summed E-state index contributed by atoms with van der Waals surface area (Å²) in [7, 11) is 1.86. The fourth-order valence-corrected chi connectivity index (χ4v) is 2.05. The Kier molecular flexibility index (Phi) is 2.91. The molecule has 0 saturated heterocycles. The molecule has 0 aliphatic heterocycles. The normalized spacial score (nSPS) is 10.3. The average Bonchev–Trinajstić information content (AvgIpc) is 2.64. The highest BCUT2D eigenvalue weighted by molar-refractivity contribution is 7.99. The largest absolute Gasteiger partial charge is 0.384 e. The number of pyridine rings is 1. The summed E-state index contributed by atoms with van der Waals surface area (Å²) in [6, 6.07) is 3.51. The van der Waals surface area contributed by atoms with Gasteiger partial charge in [0.1, 0.15) is 10.9 Å². The van der Waals surface area contributed by atoms with Crippen LogP contribution in [0.2, 0.25) is 0 Å². The van der Waals surface area contributed by atoms with Gasteiger partial charge in [-0.15, -0.1) is 0 Å². The zero-order chi connectivity index (χ0) is 11.5. The maximum Gasteiger partial charge on any atom is 0.122 e. The van der Waals surface area contributed by atoms with Crippen molar-refractivity contribution in [2.45, 2.75) is 9.92 Å². The first-order valence-electron chi connectivity index (χ1n) is 4.62. The van der Waals surface area contributed by atoms with Crippen molar-refractivity contribution in [2.75, 3.05) is 0 Å². The highest BCUT2D eigenvalue weighted by Crippen LogP contribution is 2.25. The molecule has 16 heavy (non-hydrogen) atoms. The molecule has 2 aromatic heterocycles. The smallest absolute Gasteiger partial charge is 0.122 e. The number of nitrogen functional groups attached to an aromatic ring is 1. The van der Waals surface area contributed by atoms with Crippen LogP contribution >= 0.6 is 11.8 Å². The lowest BCUT2D eigenvalue weighted by Crippen LogP contribution is -2.10. The summed E-state index contributed by atoms with van der Waals surface area (Å²) in [6.07, 6.45) is 5.33. The second-order valence-electron chi connectivity index (χ2n) is 3.25. The number of nitrogens with two attached hydrogens (primary N) is 1. The van der Waals surface area contributed by atoms with Gasteiger partial charge in [-0.1, -0.05) is 11.8 Å². The van der Waals surface area contributed by atoms with Gasteiger partial charge in [-0.2, -0.15) is 5.10 Å². The van der Waals surface area contributed by atoms with Crippen LogP contribution in [-0.2, 0) is 7.05 Å². The van der Waals surface area contributed by atoms with Crippen LogP contribution in [-0.4, -0.2) is 20.6 Å². The highest BCUT2D eigenvalue weighted by Gasteiger charge is 2.03. The first-order chi connectivity index (χ1) is 7.65. The van der Waals surface area contributed by atoms with Gasteiger partial charge >= 0.3 is 0 Å². The fraction of sp³-hybridized carbons (Fsp3) is 0.100. The molecule has 5 nitrogen and oxygen atoms in total. The van der Waals surface area contributed by atoms with E-state index in [-0.39, 0.29) is 5.84 Å². The van der Waals surface area contributed by atoms with Crippen LogP contribution in [0.5, 0.6) is 0 Å². The Morgan fingerprint density at radius 3 is 3.00 bits per heavy atom. The summed E-state index contributed by atoms with van der Waals surface area (Å²) in [5, 5.41) is 12.2. The van der Waals surface area contributed by atoms with Crippen molar-refractivity contribution in [1.29, 1.82) is 5.41 Å². The van der Waals surface area contributed by atoms with E-state index in [0.717, 1.165) is 9.92 Å². The first kappa shape index (κ1) is 10.7. The Bertz CT molecular complexity index is 519. The molecule has 2 aromatic rings. The van der Waals surface area contributed by atoms with Crippen LogP contribution in [0.4, 0.5) is 0 Å². The van der Waals surface area contributed by atoms with E-state index >= 15 is 0 Å². The van der Waals surface area contributed by atoms with E-state index in [2.05, 4.69) is 10.1 Å². The van der Waals surface area contributed by atoms with E-state index in [1.165, 1.54) is 11.8 Å². The number of nitrogens with one attached hydrogen (secondary N) is 1. The highest BCUT2D eigenvalue weighted by atomic mass is 32.2. The van der Waals surface area contributed by atoms with E-state index in [1.54, 1.807) is 29.2 Å². The van der Waals surface area contributed by atoms with Crippen molar-refractivity contribution in [3.63, 3.8) is 0 Å². The standard InChI is InChI=1S/C10H11N5S/c1-15-6-8(5-14-15)16-9-4-7(10(11)12)2-3-13-9/h2-6H,1H3,(H3,11,12). The minimum atomic E-state index is 0.0513. The molecule has 0 aromatic carbocycles. The van der Waals surface area contributed by atoms with Gasteiger partial charge in [0.15, 0.2) is 0 Å². The summed E-state index contributed by atoms with van der Waals surface area (Å²) >= 11 is 1.49. The van der Waals surface area contributed by atoms with Gasteiger partial charge in [0.25, 0.3) is 0 Å². The quantitative estimate of drug-likeness (QED) is 0.617. The lowest BCUT2D eigenvalue weighted by atomic mass is 10.2. The molecular formula is C10H11N5S. The molecule has 0 saturated carbocycles. The van der Waals surface area contributed by atoms with Gasteiger partial charge in [0.05, 0.1) is 11.1 Å². The van der Waals surface area contributed by atoms with Gasteiger partial charge in [0, 0.05) is 25.0 Å². The molecule has 6 heteroatoms. The van der Waals surface area contributed by atoms with Crippen molar-refractivity contribution >= 4 is 17.6 Å². The van der Waals surface area contributed by atoms with Gasteiger partial charge in [-0.25, -0.2) is 4.98 Å². The molecule has 0 radical (unpaired) electrons. The Morgan fingerprint density at radius 2 is 2.38 bits per heavy atom. The Labute approximate surface area is 97.2 Å². The van der Waals surface area contributed by atoms with E-state index in [4.69, 9.17) is 11.1 Å².